The maximum absolute atomic E-state index is 6.19. The van der Waals surface area contributed by atoms with Gasteiger partial charge in [0, 0.05) is 11.1 Å². The summed E-state index contributed by atoms with van der Waals surface area (Å²) in [6.07, 6.45) is 0. The maximum atomic E-state index is 6.19. The molecule has 0 saturated heterocycles. The van der Waals surface area contributed by atoms with E-state index in [1.807, 2.05) is 48.5 Å². The third-order valence-electron chi connectivity index (χ3n) is 3.27. The number of fused-ring (bicyclic) bond motifs is 1. The first-order chi connectivity index (χ1) is 9.74. The van der Waals surface area contributed by atoms with E-state index in [2.05, 4.69) is 17.2 Å². The highest BCUT2D eigenvalue weighted by Gasteiger charge is 2.10. The summed E-state index contributed by atoms with van der Waals surface area (Å²) in [5.41, 5.74) is 2.77. The zero-order valence-corrected chi connectivity index (χ0v) is 11.9. The molecule has 1 aromatic heterocycles. The quantitative estimate of drug-likeness (QED) is 0.775. The second-order valence-corrected chi connectivity index (χ2v) is 5.11. The normalized spacial score (nSPS) is 12.7. The molecule has 4 heteroatoms. The zero-order valence-electron chi connectivity index (χ0n) is 11.1. The van der Waals surface area contributed by atoms with Crippen LogP contribution in [-0.2, 0) is 6.54 Å². The van der Waals surface area contributed by atoms with Crippen molar-refractivity contribution in [2.24, 2.45) is 0 Å². The Morgan fingerprint density at radius 3 is 2.70 bits per heavy atom. The van der Waals surface area contributed by atoms with Gasteiger partial charge in [-0.15, -0.1) is 0 Å². The molecular formula is C16H15ClN2O. The highest BCUT2D eigenvalue weighted by Crippen LogP contribution is 2.22. The molecule has 3 aromatic rings. The summed E-state index contributed by atoms with van der Waals surface area (Å²) < 4.78 is 5.68. The fourth-order valence-corrected chi connectivity index (χ4v) is 2.47. The molecule has 0 aliphatic rings. The molecule has 0 amide bonds. The first-order valence-electron chi connectivity index (χ1n) is 6.56. The van der Waals surface area contributed by atoms with E-state index in [0.29, 0.717) is 12.4 Å². The topological polar surface area (TPSA) is 38.1 Å². The van der Waals surface area contributed by atoms with Crippen LogP contribution in [0.25, 0.3) is 11.1 Å². The second-order valence-electron chi connectivity index (χ2n) is 4.70. The summed E-state index contributed by atoms with van der Waals surface area (Å²) in [6, 6.07) is 15.7. The van der Waals surface area contributed by atoms with Crippen molar-refractivity contribution in [1.82, 2.24) is 10.3 Å². The van der Waals surface area contributed by atoms with Crippen LogP contribution in [0.1, 0.15) is 24.4 Å². The summed E-state index contributed by atoms with van der Waals surface area (Å²) >= 11 is 6.19. The number of para-hydroxylation sites is 2. The molecule has 0 spiro atoms. The van der Waals surface area contributed by atoms with Crippen molar-refractivity contribution in [2.75, 3.05) is 0 Å². The Morgan fingerprint density at radius 2 is 1.90 bits per heavy atom. The zero-order chi connectivity index (χ0) is 13.9. The van der Waals surface area contributed by atoms with Crippen LogP contribution in [0, 0.1) is 0 Å². The molecule has 0 saturated carbocycles. The Morgan fingerprint density at radius 1 is 1.15 bits per heavy atom. The van der Waals surface area contributed by atoms with Gasteiger partial charge in [-0.3, -0.25) is 0 Å². The van der Waals surface area contributed by atoms with E-state index in [9.17, 15) is 0 Å². The molecule has 1 heterocycles. The third kappa shape index (κ3) is 2.69. The largest absolute Gasteiger partial charge is 0.439 e. The Kier molecular flexibility index (Phi) is 3.72. The van der Waals surface area contributed by atoms with Crippen molar-refractivity contribution >= 4 is 22.7 Å². The second kappa shape index (κ2) is 5.65. The van der Waals surface area contributed by atoms with Crippen LogP contribution in [0.2, 0.25) is 5.02 Å². The minimum Gasteiger partial charge on any atom is -0.439 e. The molecule has 0 radical (unpaired) electrons. The number of nitrogens with zero attached hydrogens (tertiary/aromatic N) is 1. The first kappa shape index (κ1) is 13.2. The van der Waals surface area contributed by atoms with Gasteiger partial charge in [-0.25, -0.2) is 4.98 Å². The molecule has 3 rings (SSSR count). The van der Waals surface area contributed by atoms with Gasteiger partial charge in [-0.05, 0) is 30.7 Å². The van der Waals surface area contributed by atoms with Gasteiger partial charge in [0.2, 0.25) is 5.89 Å². The van der Waals surface area contributed by atoms with E-state index in [-0.39, 0.29) is 6.04 Å². The van der Waals surface area contributed by atoms with E-state index in [1.54, 1.807) is 0 Å². The van der Waals surface area contributed by atoms with Gasteiger partial charge in [-0.1, -0.05) is 41.9 Å². The van der Waals surface area contributed by atoms with Crippen LogP contribution in [0.4, 0.5) is 0 Å². The van der Waals surface area contributed by atoms with Gasteiger partial charge in [0.1, 0.15) is 5.52 Å². The Bertz CT molecular complexity index is 690. The summed E-state index contributed by atoms with van der Waals surface area (Å²) in [5.74, 6) is 0.685. The fraction of sp³-hybridized carbons (Fsp3) is 0.188. The van der Waals surface area contributed by atoms with Crippen LogP contribution >= 0.6 is 11.6 Å². The van der Waals surface area contributed by atoms with Crippen molar-refractivity contribution in [3.63, 3.8) is 0 Å². The Labute approximate surface area is 122 Å². The smallest absolute Gasteiger partial charge is 0.209 e. The summed E-state index contributed by atoms with van der Waals surface area (Å²) in [4.78, 5) is 4.44. The molecule has 3 nitrogen and oxygen atoms in total. The molecule has 0 bridgehead atoms. The predicted molar refractivity (Wildman–Crippen MR) is 80.7 cm³/mol. The van der Waals surface area contributed by atoms with Gasteiger partial charge < -0.3 is 9.73 Å². The van der Waals surface area contributed by atoms with Crippen molar-refractivity contribution in [2.45, 2.75) is 19.5 Å². The monoisotopic (exact) mass is 286 g/mol. The molecule has 2 aromatic carbocycles. The minimum atomic E-state index is 0.138. The van der Waals surface area contributed by atoms with Crippen LogP contribution in [0.15, 0.2) is 52.9 Å². The van der Waals surface area contributed by atoms with E-state index in [0.717, 1.165) is 21.7 Å². The third-order valence-corrected chi connectivity index (χ3v) is 3.61. The van der Waals surface area contributed by atoms with Gasteiger partial charge >= 0.3 is 0 Å². The van der Waals surface area contributed by atoms with Crippen LogP contribution in [-0.4, -0.2) is 4.98 Å². The molecule has 0 aliphatic heterocycles. The van der Waals surface area contributed by atoms with Crippen LogP contribution in [0.3, 0.4) is 0 Å². The average molecular weight is 287 g/mol. The van der Waals surface area contributed by atoms with E-state index in [1.165, 1.54) is 0 Å². The molecule has 1 atom stereocenters. The number of rotatable bonds is 4. The van der Waals surface area contributed by atoms with Gasteiger partial charge in [0.05, 0.1) is 6.54 Å². The maximum Gasteiger partial charge on any atom is 0.209 e. The number of nitrogens with one attached hydrogen (secondary N) is 1. The van der Waals surface area contributed by atoms with Crippen molar-refractivity contribution in [3.05, 3.63) is 65.0 Å². The molecule has 0 aliphatic carbocycles. The fourth-order valence-electron chi connectivity index (χ4n) is 2.17. The summed E-state index contributed by atoms with van der Waals surface area (Å²) in [6.45, 7) is 2.64. The molecule has 20 heavy (non-hydrogen) atoms. The van der Waals surface area contributed by atoms with Gasteiger partial charge in [-0.2, -0.15) is 0 Å². The predicted octanol–water partition coefficient (Wildman–Crippen LogP) is 4.33. The number of oxazole rings is 1. The van der Waals surface area contributed by atoms with Crippen molar-refractivity contribution in [1.29, 1.82) is 0 Å². The Hall–Kier alpha value is -1.84. The van der Waals surface area contributed by atoms with Gasteiger partial charge in [0.15, 0.2) is 5.58 Å². The lowest BCUT2D eigenvalue weighted by molar-refractivity contribution is 0.467. The van der Waals surface area contributed by atoms with Gasteiger partial charge in [0.25, 0.3) is 0 Å². The van der Waals surface area contributed by atoms with Crippen molar-refractivity contribution in [3.8, 4) is 0 Å². The SMILES string of the molecule is C[C@@H](NCc1nc2ccccc2o1)c1ccccc1Cl. The molecular weight excluding hydrogens is 272 g/mol. The molecule has 1 N–H and O–H groups in total. The highest BCUT2D eigenvalue weighted by molar-refractivity contribution is 6.31. The van der Waals surface area contributed by atoms with E-state index >= 15 is 0 Å². The first-order valence-corrected chi connectivity index (χ1v) is 6.94. The number of hydrogen-bond acceptors (Lipinski definition) is 3. The molecule has 102 valence electrons. The lowest BCUT2D eigenvalue weighted by Crippen LogP contribution is -2.18. The molecule has 0 unspecified atom stereocenters. The van der Waals surface area contributed by atoms with Crippen LogP contribution < -0.4 is 5.32 Å². The summed E-state index contributed by atoms with van der Waals surface area (Å²) in [5, 5.41) is 4.14. The van der Waals surface area contributed by atoms with Crippen molar-refractivity contribution < 1.29 is 4.42 Å². The van der Waals surface area contributed by atoms with E-state index < -0.39 is 0 Å². The lowest BCUT2D eigenvalue weighted by atomic mass is 10.1. The number of halogens is 1. The lowest BCUT2D eigenvalue weighted by Gasteiger charge is -2.14. The standard InChI is InChI=1S/C16H15ClN2O/c1-11(12-6-2-3-7-13(12)17)18-10-16-19-14-8-4-5-9-15(14)20-16/h2-9,11,18H,10H2,1H3/t11-/m1/s1. The van der Waals surface area contributed by atoms with Crippen LogP contribution in [0.5, 0.6) is 0 Å². The average Bonchev–Trinajstić information content (AvgIpc) is 2.88. The highest BCUT2D eigenvalue weighted by atomic mass is 35.5. The van der Waals surface area contributed by atoms with E-state index in [4.69, 9.17) is 16.0 Å². The number of aromatic nitrogens is 1. The number of benzene rings is 2. The number of hydrogen-bond donors (Lipinski definition) is 1. The summed E-state index contributed by atoms with van der Waals surface area (Å²) in [7, 11) is 0. The minimum absolute atomic E-state index is 0.138. The molecule has 0 fully saturated rings. The Balaban J connectivity index is 1.71.